The molecule has 0 aliphatic heterocycles. The highest BCUT2D eigenvalue weighted by atomic mass is 35.5. The number of benzene rings is 1. The normalized spacial score (nSPS) is 11.3. The second kappa shape index (κ2) is 5.97. The first-order valence-electron chi connectivity index (χ1n) is 6.22. The van der Waals surface area contributed by atoms with Crippen molar-refractivity contribution in [1.29, 1.82) is 0 Å². The number of aryl methyl sites for hydroxylation is 1. The molecule has 1 aromatic carbocycles. The van der Waals surface area contributed by atoms with Crippen molar-refractivity contribution in [2.24, 2.45) is 0 Å². The summed E-state index contributed by atoms with van der Waals surface area (Å²) >= 11 is 9.12. The Labute approximate surface area is 134 Å². The zero-order chi connectivity index (χ0) is 14.8. The van der Waals surface area contributed by atoms with Crippen LogP contribution in [0.3, 0.4) is 0 Å². The van der Waals surface area contributed by atoms with Crippen LogP contribution in [0.5, 0.6) is 0 Å². The van der Waals surface area contributed by atoms with Gasteiger partial charge in [-0.15, -0.1) is 11.3 Å². The zero-order valence-electron chi connectivity index (χ0n) is 11.1. The minimum atomic E-state index is -0.198. The van der Waals surface area contributed by atoms with Crippen LogP contribution >= 0.6 is 34.3 Å². The van der Waals surface area contributed by atoms with Crippen molar-refractivity contribution in [1.82, 2.24) is 4.98 Å². The predicted octanol–water partition coefficient (Wildman–Crippen LogP) is 4.97. The Morgan fingerprint density at radius 3 is 2.95 bits per heavy atom. The van der Waals surface area contributed by atoms with Gasteiger partial charge in [0.1, 0.15) is 0 Å². The number of anilines is 1. The minimum absolute atomic E-state index is 0.198. The van der Waals surface area contributed by atoms with Crippen molar-refractivity contribution < 1.29 is 4.79 Å². The summed E-state index contributed by atoms with van der Waals surface area (Å²) in [6.45, 7) is 1.97. The smallest absolute Gasteiger partial charge is 0.250 e. The van der Waals surface area contributed by atoms with Gasteiger partial charge in [0.15, 0.2) is 5.13 Å². The number of carbonyl (C=O) groups excluding carboxylic acids is 1. The summed E-state index contributed by atoms with van der Waals surface area (Å²) in [4.78, 5) is 17.4. The van der Waals surface area contributed by atoms with E-state index >= 15 is 0 Å². The standard InChI is InChI=1S/C15H11ClN2OS2/c1-9-4-6-11(16)14-13(9)18-15(21-14)17-12(19)7-5-10-3-2-8-20-10/h2-8H,1H3,(H,17,18,19)/b7-5+. The Morgan fingerprint density at radius 2 is 2.24 bits per heavy atom. The number of aromatic nitrogens is 1. The van der Waals surface area contributed by atoms with E-state index in [0.29, 0.717) is 10.2 Å². The fourth-order valence-electron chi connectivity index (χ4n) is 1.85. The van der Waals surface area contributed by atoms with Crippen LogP contribution in [0.1, 0.15) is 10.4 Å². The molecule has 0 spiro atoms. The number of rotatable bonds is 3. The maximum atomic E-state index is 11.9. The number of halogens is 1. The third-order valence-electron chi connectivity index (χ3n) is 2.87. The summed E-state index contributed by atoms with van der Waals surface area (Å²) in [5, 5.41) is 5.96. The number of nitrogens with zero attached hydrogens (tertiary/aromatic N) is 1. The molecule has 21 heavy (non-hydrogen) atoms. The molecule has 3 rings (SSSR count). The van der Waals surface area contributed by atoms with Gasteiger partial charge in [0.2, 0.25) is 5.91 Å². The molecule has 0 aliphatic rings. The summed E-state index contributed by atoms with van der Waals surface area (Å²) in [5.41, 5.74) is 1.88. The number of carbonyl (C=O) groups is 1. The van der Waals surface area contributed by atoms with Crippen LogP contribution in [0.2, 0.25) is 5.02 Å². The molecule has 2 heterocycles. The molecule has 0 aliphatic carbocycles. The molecular formula is C15H11ClN2OS2. The molecule has 1 N–H and O–H groups in total. The monoisotopic (exact) mass is 334 g/mol. The van der Waals surface area contributed by atoms with Gasteiger partial charge in [-0.1, -0.05) is 35.1 Å². The van der Waals surface area contributed by atoms with E-state index in [1.165, 1.54) is 17.4 Å². The SMILES string of the molecule is Cc1ccc(Cl)c2sc(NC(=O)/C=C/c3cccs3)nc12. The van der Waals surface area contributed by atoms with Crippen LogP contribution in [0.15, 0.2) is 35.7 Å². The molecule has 0 radical (unpaired) electrons. The van der Waals surface area contributed by atoms with Crippen LogP contribution in [-0.2, 0) is 4.79 Å². The molecule has 6 heteroatoms. The van der Waals surface area contributed by atoms with Crippen molar-refractivity contribution in [3.05, 3.63) is 51.2 Å². The second-order valence-electron chi connectivity index (χ2n) is 4.40. The van der Waals surface area contributed by atoms with Gasteiger partial charge in [0, 0.05) is 11.0 Å². The van der Waals surface area contributed by atoms with Crippen molar-refractivity contribution in [3.63, 3.8) is 0 Å². The number of nitrogens with one attached hydrogen (secondary N) is 1. The number of hydrogen-bond acceptors (Lipinski definition) is 4. The van der Waals surface area contributed by atoms with E-state index < -0.39 is 0 Å². The molecule has 0 fully saturated rings. The molecule has 2 aromatic heterocycles. The average molecular weight is 335 g/mol. The summed E-state index contributed by atoms with van der Waals surface area (Å²) < 4.78 is 0.897. The Balaban J connectivity index is 1.80. The lowest BCUT2D eigenvalue weighted by atomic mass is 10.2. The molecule has 1 amide bonds. The molecule has 0 bridgehead atoms. The zero-order valence-corrected chi connectivity index (χ0v) is 13.5. The number of hydrogen-bond donors (Lipinski definition) is 1. The van der Waals surface area contributed by atoms with E-state index in [-0.39, 0.29) is 5.91 Å². The Bertz CT molecular complexity index is 783. The average Bonchev–Trinajstić information content (AvgIpc) is 3.10. The first-order valence-corrected chi connectivity index (χ1v) is 8.29. The summed E-state index contributed by atoms with van der Waals surface area (Å²) in [6.07, 6.45) is 3.29. The molecule has 0 saturated carbocycles. The van der Waals surface area contributed by atoms with Gasteiger partial charge in [-0.2, -0.15) is 0 Å². The fraction of sp³-hybridized carbons (Fsp3) is 0.0667. The summed E-state index contributed by atoms with van der Waals surface area (Å²) in [5.74, 6) is -0.198. The highest BCUT2D eigenvalue weighted by Crippen LogP contribution is 2.33. The van der Waals surface area contributed by atoms with Gasteiger partial charge in [0.05, 0.1) is 15.2 Å². The second-order valence-corrected chi connectivity index (χ2v) is 6.78. The molecule has 3 aromatic rings. The first-order chi connectivity index (χ1) is 10.1. The topological polar surface area (TPSA) is 42.0 Å². The van der Waals surface area contributed by atoms with Gasteiger partial charge in [-0.3, -0.25) is 10.1 Å². The van der Waals surface area contributed by atoms with Crippen LogP contribution in [0.25, 0.3) is 16.3 Å². The van der Waals surface area contributed by atoms with Crippen molar-refractivity contribution >= 4 is 61.6 Å². The molecule has 0 unspecified atom stereocenters. The third-order valence-corrected chi connectivity index (χ3v) is 5.14. The first kappa shape index (κ1) is 14.3. The van der Waals surface area contributed by atoms with Crippen molar-refractivity contribution in [2.45, 2.75) is 6.92 Å². The Kier molecular flexibility index (Phi) is 4.05. The summed E-state index contributed by atoms with van der Waals surface area (Å²) in [7, 11) is 0. The Hall–Kier alpha value is -1.69. The molecule has 3 nitrogen and oxygen atoms in total. The van der Waals surface area contributed by atoms with Gasteiger partial charge in [-0.05, 0) is 36.1 Å². The number of thiophene rings is 1. The van der Waals surface area contributed by atoms with Crippen LogP contribution in [0, 0.1) is 6.92 Å². The van der Waals surface area contributed by atoms with Gasteiger partial charge < -0.3 is 0 Å². The largest absolute Gasteiger partial charge is 0.298 e. The quantitative estimate of drug-likeness (QED) is 0.687. The minimum Gasteiger partial charge on any atom is -0.298 e. The van der Waals surface area contributed by atoms with Gasteiger partial charge in [0.25, 0.3) is 0 Å². The predicted molar refractivity (Wildman–Crippen MR) is 91.3 cm³/mol. The van der Waals surface area contributed by atoms with Crippen molar-refractivity contribution in [3.8, 4) is 0 Å². The van der Waals surface area contributed by atoms with E-state index in [4.69, 9.17) is 11.6 Å². The highest BCUT2D eigenvalue weighted by molar-refractivity contribution is 7.23. The molecular weight excluding hydrogens is 324 g/mol. The van der Waals surface area contributed by atoms with Crippen LogP contribution < -0.4 is 5.32 Å². The van der Waals surface area contributed by atoms with E-state index in [9.17, 15) is 4.79 Å². The maximum Gasteiger partial charge on any atom is 0.250 e. The Morgan fingerprint density at radius 1 is 1.38 bits per heavy atom. The molecule has 0 atom stereocenters. The van der Waals surface area contributed by atoms with E-state index in [1.807, 2.05) is 36.6 Å². The molecule has 0 saturated heterocycles. The van der Waals surface area contributed by atoms with Crippen LogP contribution in [-0.4, -0.2) is 10.9 Å². The van der Waals surface area contributed by atoms with E-state index in [2.05, 4.69) is 10.3 Å². The molecule has 106 valence electrons. The van der Waals surface area contributed by atoms with Crippen molar-refractivity contribution in [2.75, 3.05) is 5.32 Å². The van der Waals surface area contributed by atoms with E-state index in [0.717, 1.165) is 20.7 Å². The number of amides is 1. The summed E-state index contributed by atoms with van der Waals surface area (Å²) in [6, 6.07) is 7.67. The number of thiazole rings is 1. The number of fused-ring (bicyclic) bond motifs is 1. The third kappa shape index (κ3) is 3.15. The fourth-order valence-corrected chi connectivity index (χ4v) is 3.68. The van der Waals surface area contributed by atoms with E-state index in [1.54, 1.807) is 17.4 Å². The lowest BCUT2D eigenvalue weighted by Gasteiger charge is -1.95. The lowest BCUT2D eigenvalue weighted by molar-refractivity contribution is -0.111. The van der Waals surface area contributed by atoms with Gasteiger partial charge >= 0.3 is 0 Å². The maximum absolute atomic E-state index is 11.9. The van der Waals surface area contributed by atoms with Gasteiger partial charge in [-0.25, -0.2) is 4.98 Å². The lowest BCUT2D eigenvalue weighted by Crippen LogP contribution is -2.07. The van der Waals surface area contributed by atoms with Crippen LogP contribution in [0.4, 0.5) is 5.13 Å². The highest BCUT2D eigenvalue weighted by Gasteiger charge is 2.10.